The molecule has 0 spiro atoms. The van der Waals surface area contributed by atoms with Crippen molar-refractivity contribution >= 4 is 0 Å². The molecule has 0 unspecified atom stereocenters. The summed E-state index contributed by atoms with van der Waals surface area (Å²) in [6, 6.07) is 0. The first kappa shape index (κ1) is 45.9. The quantitative estimate of drug-likeness (QED) is 0.0600. The minimum Gasteiger partial charge on any atom is -0.302 e. The average molecular weight is 676 g/mol. The maximum atomic E-state index is 2.89. The Hall–Kier alpha value is -0.120. The highest BCUT2D eigenvalue weighted by atomic mass is 15.2. The summed E-state index contributed by atoms with van der Waals surface area (Å²) in [5, 5.41) is 0. The fraction of sp³-hybridized carbons (Fsp3) is 1.00. The van der Waals surface area contributed by atoms with Crippen molar-refractivity contribution in [2.45, 2.75) is 233 Å². The molecule has 0 N–H and O–H groups in total. The molecule has 288 valence electrons. The Labute approximate surface area is 305 Å². The zero-order chi connectivity index (χ0) is 34.4. The highest BCUT2D eigenvalue weighted by Crippen LogP contribution is 2.15. The molecule has 0 aliphatic carbocycles. The molecule has 0 aromatic heterocycles. The highest BCUT2D eigenvalue weighted by molar-refractivity contribution is 4.70. The van der Waals surface area contributed by atoms with Gasteiger partial charge in [-0.05, 0) is 64.8 Å². The minimum atomic E-state index is 1.29. The van der Waals surface area contributed by atoms with Crippen molar-refractivity contribution in [1.82, 2.24) is 14.7 Å². The SMILES string of the molecule is CCCCCCCCCCCCN(CCCCCCCCCCCC)CCN(CCCCCCCCCCCC)CCN1CCCCC1. The van der Waals surface area contributed by atoms with E-state index in [4.69, 9.17) is 0 Å². The third-order valence-corrected chi connectivity index (χ3v) is 11.4. The van der Waals surface area contributed by atoms with Crippen molar-refractivity contribution in [3.05, 3.63) is 0 Å². The van der Waals surface area contributed by atoms with Crippen molar-refractivity contribution < 1.29 is 0 Å². The van der Waals surface area contributed by atoms with Gasteiger partial charge in [-0.25, -0.2) is 0 Å². The Morgan fingerprint density at radius 3 is 0.875 bits per heavy atom. The summed E-state index contributed by atoms with van der Waals surface area (Å²) < 4.78 is 0. The molecular formula is C45H93N3. The van der Waals surface area contributed by atoms with Gasteiger partial charge in [-0.15, -0.1) is 0 Å². The summed E-state index contributed by atoms with van der Waals surface area (Å²) in [6.07, 6.45) is 47.6. The van der Waals surface area contributed by atoms with Gasteiger partial charge in [-0.1, -0.05) is 201 Å². The molecule has 0 atom stereocenters. The smallest absolute Gasteiger partial charge is 0.0110 e. The monoisotopic (exact) mass is 676 g/mol. The van der Waals surface area contributed by atoms with Gasteiger partial charge in [0.15, 0.2) is 0 Å². The molecule has 0 aromatic rings. The Bertz CT molecular complexity index is 565. The van der Waals surface area contributed by atoms with E-state index < -0.39 is 0 Å². The van der Waals surface area contributed by atoms with Gasteiger partial charge in [0.1, 0.15) is 0 Å². The van der Waals surface area contributed by atoms with Crippen LogP contribution in [0.15, 0.2) is 0 Å². The third kappa shape index (κ3) is 31.8. The van der Waals surface area contributed by atoms with E-state index in [0.717, 1.165) is 0 Å². The van der Waals surface area contributed by atoms with E-state index in [0.29, 0.717) is 0 Å². The molecule has 0 aromatic carbocycles. The van der Waals surface area contributed by atoms with Gasteiger partial charge in [0.25, 0.3) is 0 Å². The van der Waals surface area contributed by atoms with Crippen LogP contribution in [0.4, 0.5) is 0 Å². The lowest BCUT2D eigenvalue weighted by Gasteiger charge is -2.31. The van der Waals surface area contributed by atoms with Crippen LogP contribution in [-0.2, 0) is 0 Å². The number of unbranched alkanes of at least 4 members (excludes halogenated alkanes) is 27. The number of piperidine rings is 1. The van der Waals surface area contributed by atoms with Gasteiger partial charge < -0.3 is 14.7 Å². The maximum absolute atomic E-state index is 2.89. The van der Waals surface area contributed by atoms with Crippen LogP contribution in [-0.4, -0.2) is 73.6 Å². The van der Waals surface area contributed by atoms with E-state index in [9.17, 15) is 0 Å². The van der Waals surface area contributed by atoms with Crippen LogP contribution in [0.3, 0.4) is 0 Å². The number of rotatable bonds is 39. The molecular weight excluding hydrogens is 583 g/mol. The van der Waals surface area contributed by atoms with Crippen LogP contribution in [0.1, 0.15) is 233 Å². The highest BCUT2D eigenvalue weighted by Gasteiger charge is 2.14. The van der Waals surface area contributed by atoms with Crippen molar-refractivity contribution in [2.24, 2.45) is 0 Å². The lowest BCUT2D eigenvalue weighted by molar-refractivity contribution is 0.159. The molecule has 1 rings (SSSR count). The molecule has 1 aliphatic heterocycles. The molecule has 1 heterocycles. The molecule has 1 saturated heterocycles. The summed E-state index contributed by atoms with van der Waals surface area (Å²) >= 11 is 0. The Morgan fingerprint density at radius 2 is 0.562 bits per heavy atom. The summed E-state index contributed by atoms with van der Waals surface area (Å²) in [4.78, 5) is 8.53. The topological polar surface area (TPSA) is 9.72 Å². The lowest BCUT2D eigenvalue weighted by atomic mass is 10.1. The summed E-state index contributed by atoms with van der Waals surface area (Å²) in [7, 11) is 0. The first-order valence-corrected chi connectivity index (χ1v) is 23.0. The van der Waals surface area contributed by atoms with Crippen molar-refractivity contribution in [2.75, 3.05) is 58.9 Å². The predicted molar refractivity (Wildman–Crippen MR) is 219 cm³/mol. The van der Waals surface area contributed by atoms with E-state index in [1.165, 1.54) is 271 Å². The molecule has 0 saturated carbocycles. The average Bonchev–Trinajstić information content (AvgIpc) is 3.11. The van der Waals surface area contributed by atoms with Crippen molar-refractivity contribution in [3.63, 3.8) is 0 Å². The normalized spacial score (nSPS) is 14.2. The minimum absolute atomic E-state index is 1.29. The van der Waals surface area contributed by atoms with Crippen molar-refractivity contribution in [1.29, 1.82) is 0 Å². The van der Waals surface area contributed by atoms with Crippen LogP contribution in [0.5, 0.6) is 0 Å². The summed E-state index contributed by atoms with van der Waals surface area (Å²) in [5.74, 6) is 0. The van der Waals surface area contributed by atoms with Gasteiger partial charge in [0.2, 0.25) is 0 Å². The van der Waals surface area contributed by atoms with E-state index in [2.05, 4.69) is 35.5 Å². The van der Waals surface area contributed by atoms with E-state index >= 15 is 0 Å². The number of likely N-dealkylation sites (tertiary alicyclic amines) is 1. The van der Waals surface area contributed by atoms with Crippen LogP contribution >= 0.6 is 0 Å². The van der Waals surface area contributed by atoms with Gasteiger partial charge >= 0.3 is 0 Å². The van der Waals surface area contributed by atoms with Crippen LogP contribution in [0.25, 0.3) is 0 Å². The van der Waals surface area contributed by atoms with Gasteiger partial charge in [0, 0.05) is 26.2 Å². The van der Waals surface area contributed by atoms with Gasteiger partial charge in [-0.2, -0.15) is 0 Å². The zero-order valence-corrected chi connectivity index (χ0v) is 34.0. The maximum Gasteiger partial charge on any atom is 0.0110 e. The number of hydrogen-bond acceptors (Lipinski definition) is 3. The number of hydrogen-bond donors (Lipinski definition) is 0. The van der Waals surface area contributed by atoms with E-state index in [-0.39, 0.29) is 0 Å². The second-order valence-corrected chi connectivity index (χ2v) is 16.1. The van der Waals surface area contributed by atoms with Crippen LogP contribution < -0.4 is 0 Å². The van der Waals surface area contributed by atoms with Gasteiger partial charge in [0.05, 0.1) is 0 Å². The molecule has 1 fully saturated rings. The molecule has 48 heavy (non-hydrogen) atoms. The van der Waals surface area contributed by atoms with E-state index in [1.807, 2.05) is 0 Å². The number of nitrogens with zero attached hydrogens (tertiary/aromatic N) is 3. The molecule has 0 radical (unpaired) electrons. The Morgan fingerprint density at radius 1 is 0.292 bits per heavy atom. The van der Waals surface area contributed by atoms with E-state index in [1.54, 1.807) is 0 Å². The first-order chi connectivity index (χ1) is 23.8. The lowest BCUT2D eigenvalue weighted by Crippen LogP contribution is -2.41. The second kappa shape index (κ2) is 38.1. The largest absolute Gasteiger partial charge is 0.302 e. The predicted octanol–water partition coefficient (Wildman–Crippen LogP) is 13.8. The Kier molecular flexibility index (Phi) is 36.5. The van der Waals surface area contributed by atoms with Crippen molar-refractivity contribution in [3.8, 4) is 0 Å². The molecule has 0 bridgehead atoms. The summed E-state index contributed by atoms with van der Waals surface area (Å²) in [5.41, 5.74) is 0. The summed E-state index contributed by atoms with van der Waals surface area (Å²) in [6.45, 7) is 18.9. The molecule has 0 amide bonds. The zero-order valence-electron chi connectivity index (χ0n) is 34.0. The fourth-order valence-electron chi connectivity index (χ4n) is 7.89. The molecule has 3 heteroatoms. The third-order valence-electron chi connectivity index (χ3n) is 11.4. The molecule has 3 nitrogen and oxygen atoms in total. The second-order valence-electron chi connectivity index (χ2n) is 16.1. The standard InChI is InChI=1S/C45H93N3/c1-4-7-10-13-16-19-22-25-28-32-37-46(38-33-29-26-23-20-17-14-11-8-5-2)42-44-48(45-43-47-39-35-31-36-40-47)41-34-30-27-24-21-18-15-12-9-6-3/h4-45H2,1-3H3. The van der Waals surface area contributed by atoms with Crippen LogP contribution in [0.2, 0.25) is 0 Å². The Balaban J connectivity index is 2.44. The first-order valence-electron chi connectivity index (χ1n) is 23.0. The van der Waals surface area contributed by atoms with Crippen LogP contribution in [0, 0.1) is 0 Å². The fourth-order valence-corrected chi connectivity index (χ4v) is 7.89. The van der Waals surface area contributed by atoms with Gasteiger partial charge in [-0.3, -0.25) is 0 Å². The molecule has 1 aliphatic rings.